The number of aromatic amines is 1. The van der Waals surface area contributed by atoms with Crippen molar-refractivity contribution in [1.82, 2.24) is 20.3 Å². The lowest BCUT2D eigenvalue weighted by Gasteiger charge is -2.27. The number of nitrogens with zero attached hydrogens (tertiary/aromatic N) is 2. The Balaban J connectivity index is 0.00000113. The Hall–Kier alpha value is -1.66. The minimum absolute atomic E-state index is 0. The molecule has 3 aliphatic heterocycles. The molecule has 2 unspecified atom stereocenters. The molecule has 1 aromatic rings. The van der Waals surface area contributed by atoms with Gasteiger partial charge in [-0.25, -0.2) is 9.97 Å². The van der Waals surface area contributed by atoms with Crippen LogP contribution < -0.4 is 5.32 Å². The SMILES string of the molecule is CC1CC(c2ncc3nc(-c4ccccc4Cl)cc-3[nH]2)CCN1.Cl.O. The summed E-state index contributed by atoms with van der Waals surface area (Å²) in [5.41, 5.74) is 3.75. The van der Waals surface area contributed by atoms with E-state index in [0.29, 0.717) is 12.0 Å². The predicted molar refractivity (Wildman–Crippen MR) is 104 cm³/mol. The molecule has 3 aliphatic rings. The summed E-state index contributed by atoms with van der Waals surface area (Å²) in [4.78, 5) is 12.8. The van der Waals surface area contributed by atoms with Crippen molar-refractivity contribution in [3.8, 4) is 22.6 Å². The number of H-pyrrole nitrogens is 1. The molecule has 0 aliphatic carbocycles. The van der Waals surface area contributed by atoms with Crippen LogP contribution in [-0.4, -0.2) is 33.0 Å². The van der Waals surface area contributed by atoms with E-state index in [0.717, 1.165) is 52.9 Å². The van der Waals surface area contributed by atoms with Crippen LogP contribution in [0.15, 0.2) is 36.5 Å². The van der Waals surface area contributed by atoms with Crippen molar-refractivity contribution >= 4 is 24.0 Å². The third kappa shape index (κ3) is 3.96. The second-order valence-electron chi connectivity index (χ2n) is 6.27. The topological polar surface area (TPSA) is 85.1 Å². The van der Waals surface area contributed by atoms with Gasteiger partial charge in [0.05, 0.1) is 17.6 Å². The van der Waals surface area contributed by atoms with Gasteiger partial charge in [0.2, 0.25) is 0 Å². The molecule has 0 radical (unpaired) electrons. The third-order valence-electron chi connectivity index (χ3n) is 4.55. The average Bonchev–Trinajstić information content (AvgIpc) is 2.98. The fourth-order valence-corrected chi connectivity index (χ4v) is 3.56. The van der Waals surface area contributed by atoms with Crippen LogP contribution in [0.3, 0.4) is 0 Å². The van der Waals surface area contributed by atoms with Crippen LogP contribution in [0.25, 0.3) is 22.6 Å². The monoisotopic (exact) mass is 380 g/mol. The molecule has 2 atom stereocenters. The lowest BCUT2D eigenvalue weighted by Crippen LogP contribution is -2.35. The Morgan fingerprint density at radius 1 is 1.20 bits per heavy atom. The van der Waals surface area contributed by atoms with Gasteiger partial charge >= 0.3 is 0 Å². The molecule has 1 aromatic carbocycles. The maximum Gasteiger partial charge on any atom is 0.109 e. The number of fused-ring (bicyclic) bond motifs is 1. The van der Waals surface area contributed by atoms with E-state index in [1.54, 1.807) is 0 Å². The molecule has 0 spiro atoms. The fraction of sp³-hybridized carbons (Fsp3) is 0.333. The second kappa shape index (κ2) is 8.15. The van der Waals surface area contributed by atoms with Gasteiger partial charge in [-0.05, 0) is 38.4 Å². The molecule has 25 heavy (non-hydrogen) atoms. The zero-order valence-electron chi connectivity index (χ0n) is 13.9. The van der Waals surface area contributed by atoms with Crippen molar-refractivity contribution in [2.45, 2.75) is 31.7 Å². The van der Waals surface area contributed by atoms with E-state index in [1.807, 2.05) is 30.5 Å². The molecule has 7 heteroatoms. The van der Waals surface area contributed by atoms with Crippen LogP contribution in [0, 0.1) is 0 Å². The Labute approximate surface area is 158 Å². The summed E-state index contributed by atoms with van der Waals surface area (Å²) in [5.74, 6) is 1.54. The van der Waals surface area contributed by atoms with E-state index < -0.39 is 0 Å². The van der Waals surface area contributed by atoms with Crippen LogP contribution in [0.1, 0.15) is 31.5 Å². The molecule has 0 saturated carbocycles. The van der Waals surface area contributed by atoms with Gasteiger partial charge < -0.3 is 15.8 Å². The molecule has 134 valence electrons. The van der Waals surface area contributed by atoms with E-state index in [-0.39, 0.29) is 17.9 Å². The van der Waals surface area contributed by atoms with Crippen molar-refractivity contribution < 1.29 is 5.48 Å². The standard InChI is InChI=1S/C18H19ClN4.ClH.H2O/c1-11-8-12(6-7-20-11)18-21-10-17-16(23-18)9-15(22-17)13-4-2-3-5-14(13)19;;/h2-5,9-12,20H,6-8H2,1H3,(H,21,23);1H;1H2. The molecule has 1 saturated heterocycles. The maximum absolute atomic E-state index is 6.28. The van der Waals surface area contributed by atoms with E-state index in [4.69, 9.17) is 11.6 Å². The summed E-state index contributed by atoms with van der Waals surface area (Å²) in [6.45, 7) is 3.27. The van der Waals surface area contributed by atoms with Gasteiger partial charge in [-0.15, -0.1) is 12.4 Å². The minimum Gasteiger partial charge on any atom is -0.412 e. The first-order chi connectivity index (χ1) is 11.2. The van der Waals surface area contributed by atoms with Crippen molar-refractivity contribution in [1.29, 1.82) is 0 Å². The van der Waals surface area contributed by atoms with Gasteiger partial charge in [0.1, 0.15) is 11.5 Å². The Bertz CT molecular complexity index is 807. The van der Waals surface area contributed by atoms with Gasteiger partial charge in [-0.3, -0.25) is 0 Å². The number of nitrogens with one attached hydrogen (secondary N) is 2. The smallest absolute Gasteiger partial charge is 0.109 e. The largest absolute Gasteiger partial charge is 0.412 e. The quantitative estimate of drug-likeness (QED) is 0.710. The number of hydrogen-bond donors (Lipinski definition) is 2. The number of benzene rings is 1. The Morgan fingerprint density at radius 2 is 2.00 bits per heavy atom. The molecular weight excluding hydrogens is 359 g/mol. The van der Waals surface area contributed by atoms with Gasteiger partial charge in [0.25, 0.3) is 0 Å². The van der Waals surface area contributed by atoms with Crippen LogP contribution in [0.5, 0.6) is 0 Å². The lowest BCUT2D eigenvalue weighted by molar-refractivity contribution is 0.371. The van der Waals surface area contributed by atoms with Crippen LogP contribution in [0.2, 0.25) is 5.02 Å². The first kappa shape index (κ1) is 19.7. The summed E-state index contributed by atoms with van der Waals surface area (Å²) in [6.07, 6.45) is 4.10. The minimum atomic E-state index is 0. The van der Waals surface area contributed by atoms with Crippen molar-refractivity contribution in [2.24, 2.45) is 0 Å². The van der Waals surface area contributed by atoms with Gasteiger partial charge in [-0.1, -0.05) is 29.8 Å². The molecule has 0 aromatic heterocycles. The van der Waals surface area contributed by atoms with E-state index in [1.165, 1.54) is 0 Å². The normalized spacial score (nSPS) is 19.9. The highest BCUT2D eigenvalue weighted by molar-refractivity contribution is 6.33. The predicted octanol–water partition coefficient (Wildman–Crippen LogP) is 3.68. The summed E-state index contributed by atoms with van der Waals surface area (Å²) in [6, 6.07) is 10.4. The van der Waals surface area contributed by atoms with Gasteiger partial charge in [-0.2, -0.15) is 0 Å². The van der Waals surface area contributed by atoms with Gasteiger partial charge in [0.15, 0.2) is 0 Å². The number of piperidine rings is 1. The van der Waals surface area contributed by atoms with Crippen LogP contribution in [-0.2, 0) is 0 Å². The van der Waals surface area contributed by atoms with Crippen molar-refractivity contribution in [3.05, 3.63) is 47.4 Å². The summed E-state index contributed by atoms with van der Waals surface area (Å²) in [5, 5.41) is 4.20. The number of hydrogen-bond acceptors (Lipinski definition) is 3. The number of aromatic nitrogens is 3. The average molecular weight is 381 g/mol. The van der Waals surface area contributed by atoms with Crippen molar-refractivity contribution in [3.63, 3.8) is 0 Å². The first-order valence-corrected chi connectivity index (χ1v) is 8.42. The lowest BCUT2D eigenvalue weighted by atomic mass is 9.92. The zero-order valence-corrected chi connectivity index (χ0v) is 15.5. The van der Waals surface area contributed by atoms with Crippen molar-refractivity contribution in [2.75, 3.05) is 6.54 Å². The van der Waals surface area contributed by atoms with Crippen LogP contribution in [0.4, 0.5) is 0 Å². The molecule has 4 N–H and O–H groups in total. The number of halogens is 2. The van der Waals surface area contributed by atoms with E-state index in [2.05, 4.69) is 33.3 Å². The van der Waals surface area contributed by atoms with Crippen LogP contribution >= 0.6 is 24.0 Å². The van der Waals surface area contributed by atoms with Gasteiger partial charge in [0, 0.05) is 22.5 Å². The van der Waals surface area contributed by atoms with E-state index in [9.17, 15) is 0 Å². The summed E-state index contributed by atoms with van der Waals surface area (Å²) in [7, 11) is 0. The highest BCUT2D eigenvalue weighted by Crippen LogP contribution is 2.33. The number of rotatable bonds is 2. The highest BCUT2D eigenvalue weighted by atomic mass is 35.5. The fourth-order valence-electron chi connectivity index (χ4n) is 3.33. The molecule has 0 amide bonds. The molecule has 1 fully saturated rings. The molecule has 3 heterocycles. The maximum atomic E-state index is 6.28. The molecular formula is C18H22Cl2N4O. The van der Waals surface area contributed by atoms with E-state index >= 15 is 0 Å². The second-order valence-corrected chi connectivity index (χ2v) is 6.67. The Morgan fingerprint density at radius 3 is 2.76 bits per heavy atom. The molecule has 0 bridgehead atoms. The summed E-state index contributed by atoms with van der Waals surface area (Å²) < 4.78 is 0. The summed E-state index contributed by atoms with van der Waals surface area (Å²) >= 11 is 6.28. The Kier molecular flexibility index (Phi) is 6.41. The zero-order chi connectivity index (χ0) is 15.8. The highest BCUT2D eigenvalue weighted by Gasteiger charge is 2.23. The molecule has 5 nitrogen and oxygen atoms in total. The first-order valence-electron chi connectivity index (χ1n) is 8.04. The molecule has 4 rings (SSSR count). The third-order valence-corrected chi connectivity index (χ3v) is 4.88.